The molecule has 1 aromatic rings. The lowest BCUT2D eigenvalue weighted by molar-refractivity contribution is -0.122. The molecule has 1 amide bonds. The maximum Gasteiger partial charge on any atom is 0.222 e. The minimum atomic E-state index is 0.161. The minimum Gasteiger partial charge on any atom is -0.353 e. The molecule has 0 radical (unpaired) electrons. The molecule has 3 rings (SSSR count). The van der Waals surface area contributed by atoms with Crippen LogP contribution in [-0.4, -0.2) is 21.7 Å². The van der Waals surface area contributed by atoms with Crippen molar-refractivity contribution in [2.24, 2.45) is 17.8 Å². The van der Waals surface area contributed by atoms with Crippen molar-refractivity contribution in [1.82, 2.24) is 15.1 Å². The molecule has 2 aliphatic carbocycles. The molecule has 116 valence electrons. The molecule has 0 aromatic carbocycles. The number of hydrogen-bond donors (Lipinski definition) is 1. The highest BCUT2D eigenvalue weighted by Gasteiger charge is 2.42. The topological polar surface area (TPSA) is 46.9 Å². The summed E-state index contributed by atoms with van der Waals surface area (Å²) in [6.45, 7) is 4.85. The largest absolute Gasteiger partial charge is 0.353 e. The van der Waals surface area contributed by atoms with Gasteiger partial charge in [-0.3, -0.25) is 9.48 Å². The Labute approximate surface area is 140 Å². The zero-order valence-electron chi connectivity index (χ0n) is 12.8. The Kier molecular flexibility index (Phi) is 4.57. The van der Waals surface area contributed by atoms with Gasteiger partial charge < -0.3 is 5.32 Å². The summed E-state index contributed by atoms with van der Waals surface area (Å²) in [5.74, 6) is 2.67. The van der Waals surface area contributed by atoms with Crippen LogP contribution in [0.2, 0.25) is 0 Å². The number of aryl methyl sites for hydroxylation is 2. The molecule has 4 atom stereocenters. The summed E-state index contributed by atoms with van der Waals surface area (Å²) in [5.41, 5.74) is 1.03. The second kappa shape index (κ2) is 6.26. The highest BCUT2D eigenvalue weighted by atomic mass is 127. The summed E-state index contributed by atoms with van der Waals surface area (Å²) in [7, 11) is 0. The summed E-state index contributed by atoms with van der Waals surface area (Å²) in [4.78, 5) is 12.1. The number of halogens is 1. The van der Waals surface area contributed by atoms with Crippen molar-refractivity contribution >= 4 is 28.5 Å². The third kappa shape index (κ3) is 3.43. The smallest absolute Gasteiger partial charge is 0.222 e. The maximum absolute atomic E-state index is 12.1. The van der Waals surface area contributed by atoms with Gasteiger partial charge in [-0.05, 0) is 73.5 Å². The molecule has 2 aliphatic rings. The Morgan fingerprint density at radius 1 is 1.52 bits per heavy atom. The molecule has 0 saturated heterocycles. The van der Waals surface area contributed by atoms with Gasteiger partial charge in [-0.15, -0.1) is 0 Å². The number of rotatable bonds is 5. The second-order valence-electron chi connectivity index (χ2n) is 6.77. The van der Waals surface area contributed by atoms with Crippen LogP contribution in [0.3, 0.4) is 0 Å². The monoisotopic (exact) mass is 401 g/mol. The third-order valence-corrected chi connectivity index (χ3v) is 6.34. The van der Waals surface area contributed by atoms with E-state index >= 15 is 0 Å². The zero-order valence-corrected chi connectivity index (χ0v) is 15.0. The van der Waals surface area contributed by atoms with Crippen LogP contribution >= 0.6 is 22.6 Å². The molecule has 0 spiro atoms. The number of fused-ring (bicyclic) bond motifs is 2. The molecule has 21 heavy (non-hydrogen) atoms. The molecule has 1 heterocycles. The van der Waals surface area contributed by atoms with Gasteiger partial charge >= 0.3 is 0 Å². The lowest BCUT2D eigenvalue weighted by Crippen LogP contribution is -2.40. The Balaban J connectivity index is 1.45. The van der Waals surface area contributed by atoms with Crippen molar-refractivity contribution in [3.63, 3.8) is 0 Å². The number of carbonyl (C=O) groups excluding carboxylic acids is 1. The lowest BCUT2D eigenvalue weighted by Gasteiger charge is -2.28. The van der Waals surface area contributed by atoms with Crippen LogP contribution < -0.4 is 5.32 Å². The van der Waals surface area contributed by atoms with Crippen LogP contribution in [-0.2, 0) is 11.3 Å². The van der Waals surface area contributed by atoms with Crippen LogP contribution in [0.1, 0.15) is 44.7 Å². The van der Waals surface area contributed by atoms with E-state index in [-0.39, 0.29) is 5.91 Å². The molecular weight excluding hydrogens is 377 g/mol. The first-order valence-electron chi connectivity index (χ1n) is 8.02. The predicted molar refractivity (Wildman–Crippen MR) is 90.8 cm³/mol. The standard InChI is InChI=1S/C16H24IN3O/c1-10(14-8-12-3-4-13(14)7-12)18-16(21)5-6-20-9-15(17)11(2)19-20/h9-10,12-14H,3-8H2,1-2H3,(H,18,21). The van der Waals surface area contributed by atoms with E-state index in [2.05, 4.69) is 39.9 Å². The fourth-order valence-electron chi connectivity index (χ4n) is 4.16. The SMILES string of the molecule is Cc1nn(CCC(=O)NC(C)C2CC3CCC2C3)cc1I. The van der Waals surface area contributed by atoms with E-state index in [1.807, 2.05) is 17.8 Å². The summed E-state index contributed by atoms with van der Waals surface area (Å²) < 4.78 is 3.03. The summed E-state index contributed by atoms with van der Waals surface area (Å²) in [6, 6.07) is 0.326. The second-order valence-corrected chi connectivity index (χ2v) is 7.93. The number of nitrogens with zero attached hydrogens (tertiary/aromatic N) is 2. The molecule has 1 aromatic heterocycles. The summed E-state index contributed by atoms with van der Waals surface area (Å²) >= 11 is 2.27. The van der Waals surface area contributed by atoms with Gasteiger partial charge in [0.1, 0.15) is 0 Å². The van der Waals surface area contributed by atoms with Crippen molar-refractivity contribution in [1.29, 1.82) is 0 Å². The van der Waals surface area contributed by atoms with Crippen LogP contribution in [0, 0.1) is 28.2 Å². The third-order valence-electron chi connectivity index (χ3n) is 5.28. The van der Waals surface area contributed by atoms with Gasteiger partial charge in [0.15, 0.2) is 0 Å². The molecule has 4 nitrogen and oxygen atoms in total. The summed E-state index contributed by atoms with van der Waals surface area (Å²) in [5, 5.41) is 7.62. The van der Waals surface area contributed by atoms with Crippen molar-refractivity contribution in [2.45, 2.75) is 58.5 Å². The van der Waals surface area contributed by atoms with E-state index < -0.39 is 0 Å². The van der Waals surface area contributed by atoms with Gasteiger partial charge in [0.2, 0.25) is 5.91 Å². The van der Waals surface area contributed by atoms with Gasteiger partial charge in [-0.1, -0.05) is 6.42 Å². The fraction of sp³-hybridized carbons (Fsp3) is 0.750. The Bertz CT molecular complexity index is 508. The Hall–Kier alpha value is -0.590. The maximum atomic E-state index is 12.1. The quantitative estimate of drug-likeness (QED) is 0.771. The van der Waals surface area contributed by atoms with Gasteiger partial charge in [-0.2, -0.15) is 5.10 Å². The highest BCUT2D eigenvalue weighted by molar-refractivity contribution is 14.1. The van der Waals surface area contributed by atoms with Crippen LogP contribution in [0.5, 0.6) is 0 Å². The first kappa shape index (κ1) is 15.3. The highest BCUT2D eigenvalue weighted by Crippen LogP contribution is 2.49. The van der Waals surface area contributed by atoms with Crippen molar-refractivity contribution in [2.75, 3.05) is 0 Å². The zero-order chi connectivity index (χ0) is 15.0. The Morgan fingerprint density at radius 2 is 2.33 bits per heavy atom. The van der Waals surface area contributed by atoms with E-state index in [0.29, 0.717) is 24.9 Å². The number of aromatic nitrogens is 2. The lowest BCUT2D eigenvalue weighted by atomic mass is 9.84. The molecule has 1 N–H and O–H groups in total. The molecule has 2 saturated carbocycles. The van der Waals surface area contributed by atoms with Crippen LogP contribution in [0.25, 0.3) is 0 Å². The van der Waals surface area contributed by atoms with Crippen LogP contribution in [0.15, 0.2) is 6.20 Å². The van der Waals surface area contributed by atoms with Gasteiger partial charge in [-0.25, -0.2) is 0 Å². The molecular formula is C16H24IN3O. The van der Waals surface area contributed by atoms with Crippen molar-refractivity contribution < 1.29 is 4.79 Å². The molecule has 0 aliphatic heterocycles. The van der Waals surface area contributed by atoms with Crippen LogP contribution in [0.4, 0.5) is 0 Å². The number of hydrogen-bond acceptors (Lipinski definition) is 2. The number of carbonyl (C=O) groups is 1. The van der Waals surface area contributed by atoms with E-state index in [4.69, 9.17) is 0 Å². The molecule has 2 bridgehead atoms. The first-order valence-corrected chi connectivity index (χ1v) is 9.09. The molecule has 4 unspecified atom stereocenters. The van der Waals surface area contributed by atoms with E-state index in [0.717, 1.165) is 21.1 Å². The van der Waals surface area contributed by atoms with E-state index in [1.54, 1.807) is 0 Å². The first-order chi connectivity index (χ1) is 10.0. The minimum absolute atomic E-state index is 0.161. The van der Waals surface area contributed by atoms with Gasteiger partial charge in [0.25, 0.3) is 0 Å². The normalized spacial score (nSPS) is 28.8. The number of nitrogens with one attached hydrogen (secondary N) is 1. The van der Waals surface area contributed by atoms with E-state index in [1.165, 1.54) is 25.7 Å². The predicted octanol–water partition coefficient (Wildman–Crippen LogP) is 3.13. The average molecular weight is 401 g/mol. The number of amides is 1. The van der Waals surface area contributed by atoms with E-state index in [9.17, 15) is 4.79 Å². The molecule has 2 fully saturated rings. The average Bonchev–Trinajstić information content (AvgIpc) is 3.13. The van der Waals surface area contributed by atoms with Crippen molar-refractivity contribution in [3.8, 4) is 0 Å². The summed E-state index contributed by atoms with van der Waals surface area (Å²) in [6.07, 6.45) is 8.03. The molecule has 5 heteroatoms. The van der Waals surface area contributed by atoms with Gasteiger partial charge in [0.05, 0.1) is 9.26 Å². The van der Waals surface area contributed by atoms with Crippen molar-refractivity contribution in [3.05, 3.63) is 15.5 Å². The fourth-order valence-corrected chi connectivity index (χ4v) is 4.59. The van der Waals surface area contributed by atoms with Gasteiger partial charge in [0, 0.05) is 25.2 Å². The Morgan fingerprint density at radius 3 is 2.90 bits per heavy atom.